The van der Waals surface area contributed by atoms with Crippen LogP contribution in [-0.4, -0.2) is 25.7 Å². The molecule has 5 heteroatoms. The number of hydrogen-bond acceptors (Lipinski definition) is 4. The summed E-state index contributed by atoms with van der Waals surface area (Å²) in [5.74, 6) is 0.716. The van der Waals surface area contributed by atoms with Gasteiger partial charge in [-0.2, -0.15) is 0 Å². The molecule has 0 aromatic carbocycles. The van der Waals surface area contributed by atoms with Gasteiger partial charge in [0, 0.05) is 19.8 Å². The average molecular weight is 254 g/mol. The highest BCUT2D eigenvalue weighted by atomic mass is 16.5. The van der Waals surface area contributed by atoms with E-state index in [1.54, 1.807) is 12.1 Å². The standard InChI is InChI=1S/C13H22N2O3/c1-2-3-8-17-9-4-7-15-13(16)12-6-5-11(10-14)18-12/h5-6H,2-4,7-10,14H2,1H3,(H,15,16). The second-order valence-electron chi connectivity index (χ2n) is 4.05. The fourth-order valence-corrected chi connectivity index (χ4v) is 1.42. The zero-order chi connectivity index (χ0) is 13.2. The molecule has 0 unspecified atom stereocenters. The first-order valence-corrected chi connectivity index (χ1v) is 6.42. The van der Waals surface area contributed by atoms with Crippen LogP contribution in [0.4, 0.5) is 0 Å². The van der Waals surface area contributed by atoms with Gasteiger partial charge in [0.05, 0.1) is 6.54 Å². The summed E-state index contributed by atoms with van der Waals surface area (Å²) in [5, 5.41) is 2.77. The number of nitrogens with two attached hydrogens (primary N) is 1. The average Bonchev–Trinajstić information content (AvgIpc) is 2.86. The molecule has 0 fully saturated rings. The quantitative estimate of drug-likeness (QED) is 0.657. The van der Waals surface area contributed by atoms with Crippen molar-refractivity contribution >= 4 is 5.91 Å². The van der Waals surface area contributed by atoms with E-state index in [2.05, 4.69) is 12.2 Å². The minimum Gasteiger partial charge on any atom is -0.455 e. The molecular formula is C13H22N2O3. The molecule has 0 bridgehead atoms. The monoisotopic (exact) mass is 254 g/mol. The van der Waals surface area contributed by atoms with E-state index in [4.69, 9.17) is 14.9 Å². The van der Waals surface area contributed by atoms with Crippen molar-refractivity contribution in [2.75, 3.05) is 19.8 Å². The van der Waals surface area contributed by atoms with Crippen LogP contribution in [0.3, 0.4) is 0 Å². The first-order valence-electron chi connectivity index (χ1n) is 6.42. The molecule has 1 amide bonds. The molecule has 3 N–H and O–H groups in total. The summed E-state index contributed by atoms with van der Waals surface area (Å²) in [5.41, 5.74) is 5.40. The zero-order valence-electron chi connectivity index (χ0n) is 10.9. The smallest absolute Gasteiger partial charge is 0.286 e. The minimum atomic E-state index is -0.205. The minimum absolute atomic E-state index is 0.205. The van der Waals surface area contributed by atoms with E-state index in [0.717, 1.165) is 25.9 Å². The molecule has 0 atom stereocenters. The third-order valence-corrected chi connectivity index (χ3v) is 2.48. The van der Waals surface area contributed by atoms with Gasteiger partial charge in [-0.15, -0.1) is 0 Å². The summed E-state index contributed by atoms with van der Waals surface area (Å²) in [6, 6.07) is 3.35. The fourth-order valence-electron chi connectivity index (χ4n) is 1.42. The Morgan fingerprint density at radius 1 is 1.39 bits per heavy atom. The molecule has 0 saturated carbocycles. The van der Waals surface area contributed by atoms with Crippen LogP contribution < -0.4 is 11.1 Å². The van der Waals surface area contributed by atoms with Crippen LogP contribution in [0.2, 0.25) is 0 Å². The lowest BCUT2D eigenvalue weighted by molar-refractivity contribution is 0.0911. The maximum Gasteiger partial charge on any atom is 0.286 e. The van der Waals surface area contributed by atoms with Crippen molar-refractivity contribution in [2.24, 2.45) is 5.73 Å². The van der Waals surface area contributed by atoms with Gasteiger partial charge in [-0.05, 0) is 25.0 Å². The maximum absolute atomic E-state index is 11.6. The second-order valence-corrected chi connectivity index (χ2v) is 4.05. The Hall–Kier alpha value is -1.33. The van der Waals surface area contributed by atoms with E-state index in [1.807, 2.05) is 0 Å². The van der Waals surface area contributed by atoms with Gasteiger partial charge >= 0.3 is 0 Å². The van der Waals surface area contributed by atoms with E-state index < -0.39 is 0 Å². The van der Waals surface area contributed by atoms with E-state index >= 15 is 0 Å². The number of amides is 1. The summed E-state index contributed by atoms with van der Waals surface area (Å²) in [6.07, 6.45) is 3.03. The largest absolute Gasteiger partial charge is 0.455 e. The molecule has 0 radical (unpaired) electrons. The summed E-state index contributed by atoms with van der Waals surface area (Å²) in [4.78, 5) is 11.6. The number of rotatable bonds is 9. The van der Waals surface area contributed by atoms with Crippen molar-refractivity contribution < 1.29 is 13.9 Å². The highest BCUT2D eigenvalue weighted by Gasteiger charge is 2.09. The van der Waals surface area contributed by atoms with Gasteiger partial charge in [0.1, 0.15) is 5.76 Å². The van der Waals surface area contributed by atoms with Crippen LogP contribution in [0, 0.1) is 0 Å². The zero-order valence-corrected chi connectivity index (χ0v) is 10.9. The number of ether oxygens (including phenoxy) is 1. The van der Waals surface area contributed by atoms with E-state index in [1.165, 1.54) is 0 Å². The number of nitrogens with one attached hydrogen (secondary N) is 1. The Kier molecular flexibility index (Phi) is 7.13. The normalized spacial score (nSPS) is 10.6. The lowest BCUT2D eigenvalue weighted by Gasteiger charge is -2.04. The summed E-state index contributed by atoms with van der Waals surface area (Å²) in [6.45, 7) is 4.49. The fraction of sp³-hybridized carbons (Fsp3) is 0.615. The van der Waals surface area contributed by atoms with Crippen molar-refractivity contribution in [3.8, 4) is 0 Å². The molecule has 0 aliphatic heterocycles. The Morgan fingerprint density at radius 2 is 2.17 bits per heavy atom. The van der Waals surface area contributed by atoms with Gasteiger partial charge in [0.25, 0.3) is 5.91 Å². The van der Waals surface area contributed by atoms with E-state index in [9.17, 15) is 4.79 Å². The van der Waals surface area contributed by atoms with Crippen LogP contribution in [0.5, 0.6) is 0 Å². The molecule has 1 aromatic heterocycles. The first kappa shape index (κ1) is 14.7. The van der Waals surface area contributed by atoms with Crippen LogP contribution in [0.1, 0.15) is 42.5 Å². The predicted molar refractivity (Wildman–Crippen MR) is 69.3 cm³/mol. The Morgan fingerprint density at radius 3 is 2.83 bits per heavy atom. The molecule has 1 heterocycles. The van der Waals surface area contributed by atoms with E-state index in [0.29, 0.717) is 31.2 Å². The van der Waals surface area contributed by atoms with Gasteiger partial charge in [-0.25, -0.2) is 0 Å². The molecule has 5 nitrogen and oxygen atoms in total. The van der Waals surface area contributed by atoms with Crippen LogP contribution >= 0.6 is 0 Å². The first-order chi connectivity index (χ1) is 8.77. The van der Waals surface area contributed by atoms with Crippen LogP contribution in [-0.2, 0) is 11.3 Å². The van der Waals surface area contributed by atoms with Crippen molar-refractivity contribution in [3.63, 3.8) is 0 Å². The lowest BCUT2D eigenvalue weighted by atomic mass is 10.3. The van der Waals surface area contributed by atoms with E-state index in [-0.39, 0.29) is 5.91 Å². The number of unbranched alkanes of at least 4 members (excludes halogenated alkanes) is 1. The van der Waals surface area contributed by atoms with Gasteiger partial charge in [0.2, 0.25) is 0 Å². The maximum atomic E-state index is 11.6. The second kappa shape index (κ2) is 8.72. The molecular weight excluding hydrogens is 232 g/mol. The molecule has 1 aromatic rings. The van der Waals surface area contributed by atoms with Crippen molar-refractivity contribution in [1.29, 1.82) is 0 Å². The number of carbonyl (C=O) groups is 1. The molecule has 18 heavy (non-hydrogen) atoms. The summed E-state index contributed by atoms with van der Waals surface area (Å²) >= 11 is 0. The van der Waals surface area contributed by atoms with Crippen molar-refractivity contribution in [1.82, 2.24) is 5.32 Å². The third kappa shape index (κ3) is 5.33. The SMILES string of the molecule is CCCCOCCCNC(=O)c1ccc(CN)o1. The molecule has 0 spiro atoms. The predicted octanol–water partition coefficient (Wildman–Crippen LogP) is 1.67. The van der Waals surface area contributed by atoms with Gasteiger partial charge in [-0.1, -0.05) is 13.3 Å². The molecule has 0 aliphatic carbocycles. The highest BCUT2D eigenvalue weighted by Crippen LogP contribution is 2.06. The Bertz CT molecular complexity index is 350. The molecule has 0 saturated heterocycles. The number of carbonyl (C=O) groups excluding carboxylic acids is 1. The van der Waals surface area contributed by atoms with Crippen molar-refractivity contribution in [3.05, 3.63) is 23.7 Å². The number of furan rings is 1. The van der Waals surface area contributed by atoms with Crippen LogP contribution in [0.25, 0.3) is 0 Å². The topological polar surface area (TPSA) is 77.5 Å². The van der Waals surface area contributed by atoms with Gasteiger partial charge < -0.3 is 20.2 Å². The third-order valence-electron chi connectivity index (χ3n) is 2.48. The summed E-state index contributed by atoms with van der Waals surface area (Å²) < 4.78 is 10.6. The van der Waals surface area contributed by atoms with Crippen molar-refractivity contribution in [2.45, 2.75) is 32.7 Å². The van der Waals surface area contributed by atoms with Gasteiger partial charge in [-0.3, -0.25) is 4.79 Å². The lowest BCUT2D eigenvalue weighted by Crippen LogP contribution is -2.24. The number of hydrogen-bond donors (Lipinski definition) is 2. The molecule has 0 aliphatic rings. The summed E-state index contributed by atoms with van der Waals surface area (Å²) in [7, 11) is 0. The highest BCUT2D eigenvalue weighted by molar-refractivity contribution is 5.91. The van der Waals surface area contributed by atoms with Gasteiger partial charge in [0.15, 0.2) is 5.76 Å². The Balaban J connectivity index is 2.10. The van der Waals surface area contributed by atoms with Crippen LogP contribution in [0.15, 0.2) is 16.5 Å². The molecule has 102 valence electrons. The molecule has 1 rings (SSSR count). The Labute approximate surface area is 108 Å².